The zero-order valence-electron chi connectivity index (χ0n) is 11.8. The number of aliphatic carboxylic acids is 1. The molecule has 3 N–H and O–H groups in total. The van der Waals surface area contributed by atoms with Gasteiger partial charge in [-0.3, -0.25) is 9.59 Å². The lowest BCUT2D eigenvalue weighted by molar-refractivity contribution is -0.141. The Morgan fingerprint density at radius 3 is 2.29 bits per heavy atom. The minimum Gasteiger partial charge on any atom is -0.481 e. The summed E-state index contributed by atoms with van der Waals surface area (Å²) in [5.74, 6) is -1.89. The average molecular weight is 314 g/mol. The van der Waals surface area contributed by atoms with E-state index < -0.39 is 21.9 Å². The fourth-order valence-corrected chi connectivity index (χ4v) is 2.59. The Kier molecular flexibility index (Phi) is 5.86. The molecule has 8 heteroatoms. The molecular weight excluding hydrogens is 296 g/mol. The minimum absolute atomic E-state index is 0.0260. The smallest absolute Gasteiger partial charge is 0.306 e. The van der Waals surface area contributed by atoms with Crippen molar-refractivity contribution in [2.75, 3.05) is 13.6 Å². The SMILES string of the molecule is CNC(=O)c1ccc(S(=O)(=O)NCCC(C)C(=O)O)cc1. The van der Waals surface area contributed by atoms with Gasteiger partial charge in [0.25, 0.3) is 5.91 Å². The number of sulfonamides is 1. The van der Waals surface area contributed by atoms with Crippen LogP contribution in [0.5, 0.6) is 0 Å². The second-order valence-electron chi connectivity index (χ2n) is 4.53. The lowest BCUT2D eigenvalue weighted by atomic mass is 10.1. The highest BCUT2D eigenvalue weighted by Gasteiger charge is 2.16. The number of carbonyl (C=O) groups excluding carboxylic acids is 1. The van der Waals surface area contributed by atoms with Gasteiger partial charge in [0.05, 0.1) is 10.8 Å². The topological polar surface area (TPSA) is 113 Å². The van der Waals surface area contributed by atoms with Crippen molar-refractivity contribution in [3.8, 4) is 0 Å². The molecular formula is C13H18N2O5S. The average Bonchev–Trinajstić information content (AvgIpc) is 2.46. The van der Waals surface area contributed by atoms with Gasteiger partial charge in [-0.05, 0) is 30.7 Å². The van der Waals surface area contributed by atoms with Gasteiger partial charge in [0, 0.05) is 19.2 Å². The lowest BCUT2D eigenvalue weighted by Gasteiger charge is -2.09. The van der Waals surface area contributed by atoms with Gasteiger partial charge in [-0.25, -0.2) is 13.1 Å². The minimum atomic E-state index is -3.71. The maximum Gasteiger partial charge on any atom is 0.306 e. The van der Waals surface area contributed by atoms with Crippen LogP contribution in [0.2, 0.25) is 0 Å². The predicted molar refractivity (Wildman–Crippen MR) is 76.4 cm³/mol. The molecule has 1 unspecified atom stereocenters. The molecule has 0 aliphatic heterocycles. The molecule has 0 aliphatic rings. The van der Waals surface area contributed by atoms with Crippen molar-refractivity contribution >= 4 is 21.9 Å². The first kappa shape index (κ1) is 17.1. The molecule has 1 aromatic carbocycles. The monoisotopic (exact) mass is 314 g/mol. The maximum absolute atomic E-state index is 12.0. The van der Waals surface area contributed by atoms with Crippen molar-refractivity contribution in [1.29, 1.82) is 0 Å². The van der Waals surface area contributed by atoms with Gasteiger partial charge in [0.2, 0.25) is 10.0 Å². The Hall–Kier alpha value is -1.93. The van der Waals surface area contributed by atoms with Crippen LogP contribution >= 0.6 is 0 Å². The third kappa shape index (κ3) is 4.83. The summed E-state index contributed by atoms with van der Waals surface area (Å²) in [5.41, 5.74) is 0.357. The first-order chi connectivity index (χ1) is 9.77. The van der Waals surface area contributed by atoms with E-state index in [4.69, 9.17) is 5.11 Å². The highest BCUT2D eigenvalue weighted by atomic mass is 32.2. The number of amides is 1. The number of carboxylic acids is 1. The van der Waals surface area contributed by atoms with E-state index in [0.717, 1.165) is 0 Å². The molecule has 21 heavy (non-hydrogen) atoms. The third-order valence-electron chi connectivity index (χ3n) is 2.94. The van der Waals surface area contributed by atoms with Crippen LogP contribution in [0.3, 0.4) is 0 Å². The van der Waals surface area contributed by atoms with Crippen LogP contribution in [0.1, 0.15) is 23.7 Å². The third-order valence-corrected chi connectivity index (χ3v) is 4.42. The van der Waals surface area contributed by atoms with Gasteiger partial charge in [-0.15, -0.1) is 0 Å². The predicted octanol–water partition coefficient (Wildman–Crippen LogP) is 0.435. The number of hydrogen-bond donors (Lipinski definition) is 3. The molecule has 0 heterocycles. The van der Waals surface area contributed by atoms with Gasteiger partial charge < -0.3 is 10.4 Å². The van der Waals surface area contributed by atoms with Crippen LogP contribution in [0, 0.1) is 5.92 Å². The van der Waals surface area contributed by atoms with Gasteiger partial charge in [0.1, 0.15) is 0 Å². The van der Waals surface area contributed by atoms with Crippen molar-refractivity contribution < 1.29 is 23.1 Å². The largest absolute Gasteiger partial charge is 0.481 e. The highest BCUT2D eigenvalue weighted by Crippen LogP contribution is 2.11. The van der Waals surface area contributed by atoms with Gasteiger partial charge in [0.15, 0.2) is 0 Å². The molecule has 1 aromatic rings. The number of benzene rings is 1. The van der Waals surface area contributed by atoms with Gasteiger partial charge in [-0.1, -0.05) is 6.92 Å². The van der Waals surface area contributed by atoms with E-state index in [1.165, 1.54) is 38.2 Å². The molecule has 0 bridgehead atoms. The number of carboxylic acid groups (broad SMARTS) is 1. The van der Waals surface area contributed by atoms with E-state index >= 15 is 0 Å². The van der Waals surface area contributed by atoms with Crippen molar-refractivity contribution in [2.24, 2.45) is 5.92 Å². The van der Waals surface area contributed by atoms with Gasteiger partial charge in [-0.2, -0.15) is 0 Å². The summed E-state index contributed by atoms with van der Waals surface area (Å²) >= 11 is 0. The van der Waals surface area contributed by atoms with Crippen LogP contribution in [0.15, 0.2) is 29.2 Å². The number of hydrogen-bond acceptors (Lipinski definition) is 4. The van der Waals surface area contributed by atoms with Crippen LogP contribution in [0.4, 0.5) is 0 Å². The molecule has 1 amide bonds. The van der Waals surface area contributed by atoms with Crippen LogP contribution in [-0.4, -0.2) is 39.0 Å². The van der Waals surface area contributed by atoms with Crippen molar-refractivity contribution in [2.45, 2.75) is 18.2 Å². The Labute approximate surface area is 123 Å². The summed E-state index contributed by atoms with van der Waals surface area (Å²) in [6.07, 6.45) is 0.199. The number of nitrogens with one attached hydrogen (secondary N) is 2. The Balaban J connectivity index is 2.70. The Morgan fingerprint density at radius 2 is 1.81 bits per heavy atom. The zero-order valence-corrected chi connectivity index (χ0v) is 12.6. The summed E-state index contributed by atoms with van der Waals surface area (Å²) in [7, 11) is -2.22. The van der Waals surface area contributed by atoms with E-state index in [0.29, 0.717) is 5.56 Å². The summed E-state index contributed by atoms with van der Waals surface area (Å²) in [6, 6.07) is 5.47. The van der Waals surface area contributed by atoms with Crippen LogP contribution < -0.4 is 10.0 Å². The molecule has 0 saturated heterocycles. The normalized spacial score (nSPS) is 12.7. The van der Waals surface area contributed by atoms with Gasteiger partial charge >= 0.3 is 5.97 Å². The highest BCUT2D eigenvalue weighted by molar-refractivity contribution is 7.89. The fraction of sp³-hybridized carbons (Fsp3) is 0.385. The van der Waals surface area contributed by atoms with E-state index in [9.17, 15) is 18.0 Å². The quantitative estimate of drug-likeness (QED) is 0.676. The molecule has 0 radical (unpaired) electrons. The fourth-order valence-electron chi connectivity index (χ4n) is 1.55. The van der Waals surface area contributed by atoms with Crippen LogP contribution in [-0.2, 0) is 14.8 Å². The van der Waals surface area contributed by atoms with Crippen molar-refractivity contribution in [3.63, 3.8) is 0 Å². The second kappa shape index (κ2) is 7.19. The Bertz CT molecular complexity index is 610. The van der Waals surface area contributed by atoms with Crippen molar-refractivity contribution in [1.82, 2.24) is 10.0 Å². The molecule has 116 valence electrons. The summed E-state index contributed by atoms with van der Waals surface area (Å²) in [4.78, 5) is 22.0. The molecule has 1 rings (SSSR count). The zero-order chi connectivity index (χ0) is 16.0. The summed E-state index contributed by atoms with van der Waals surface area (Å²) in [6.45, 7) is 1.54. The number of rotatable bonds is 7. The maximum atomic E-state index is 12.0. The van der Waals surface area contributed by atoms with Crippen molar-refractivity contribution in [3.05, 3.63) is 29.8 Å². The first-order valence-corrected chi connectivity index (χ1v) is 7.81. The summed E-state index contributed by atoms with van der Waals surface area (Å²) < 4.78 is 26.3. The molecule has 0 saturated carbocycles. The van der Waals surface area contributed by atoms with Crippen LogP contribution in [0.25, 0.3) is 0 Å². The Morgan fingerprint density at radius 1 is 1.24 bits per heavy atom. The second-order valence-corrected chi connectivity index (χ2v) is 6.30. The van der Waals surface area contributed by atoms with E-state index in [2.05, 4.69) is 10.0 Å². The van der Waals surface area contributed by atoms with E-state index in [1.54, 1.807) is 0 Å². The standard InChI is InChI=1S/C13H18N2O5S/c1-9(13(17)18)7-8-15-21(19,20)11-5-3-10(4-6-11)12(16)14-2/h3-6,9,15H,7-8H2,1-2H3,(H,14,16)(H,17,18). The molecule has 0 aliphatic carbocycles. The first-order valence-electron chi connectivity index (χ1n) is 6.32. The molecule has 1 atom stereocenters. The molecule has 7 nitrogen and oxygen atoms in total. The molecule has 0 spiro atoms. The molecule has 0 aromatic heterocycles. The number of carbonyl (C=O) groups is 2. The lowest BCUT2D eigenvalue weighted by Crippen LogP contribution is -2.27. The van der Waals surface area contributed by atoms with E-state index in [1.807, 2.05) is 0 Å². The summed E-state index contributed by atoms with van der Waals surface area (Å²) in [5, 5.41) is 11.2. The molecule has 0 fully saturated rings. The van der Waals surface area contributed by atoms with E-state index in [-0.39, 0.29) is 23.8 Å².